The van der Waals surface area contributed by atoms with Gasteiger partial charge in [0.25, 0.3) is 0 Å². The summed E-state index contributed by atoms with van der Waals surface area (Å²) in [4.78, 5) is 33.5. The van der Waals surface area contributed by atoms with Crippen molar-refractivity contribution in [1.82, 2.24) is 9.97 Å². The number of ketones is 1. The molecule has 2 aromatic rings. The summed E-state index contributed by atoms with van der Waals surface area (Å²) in [7, 11) is 0. The molecule has 0 spiro atoms. The number of esters is 1. The molecule has 0 fully saturated rings. The Bertz CT molecular complexity index is 899. The number of carbonyl (C=O) groups excluding carboxylic acids is 2. The summed E-state index contributed by atoms with van der Waals surface area (Å²) in [6.45, 7) is 11.6. The molecule has 1 aromatic heterocycles. The van der Waals surface area contributed by atoms with Gasteiger partial charge in [0.1, 0.15) is 0 Å². The Morgan fingerprint density at radius 2 is 1.57 bits per heavy atom. The van der Waals surface area contributed by atoms with E-state index in [4.69, 9.17) is 4.74 Å². The monoisotopic (exact) mass is 400 g/mol. The first-order chi connectivity index (χ1) is 13.1. The van der Waals surface area contributed by atoms with E-state index in [2.05, 4.69) is 9.97 Å². The third-order valence-electron chi connectivity index (χ3n) is 5.31. The van der Waals surface area contributed by atoms with Crippen LogP contribution >= 0.6 is 11.8 Å². The molecular weight excluding hydrogens is 372 g/mol. The van der Waals surface area contributed by atoms with Crippen LogP contribution in [-0.2, 0) is 16.0 Å². The zero-order chi connectivity index (χ0) is 21.0. The van der Waals surface area contributed by atoms with E-state index in [1.165, 1.54) is 17.3 Å². The molecule has 5 nitrogen and oxygen atoms in total. The van der Waals surface area contributed by atoms with Gasteiger partial charge >= 0.3 is 5.97 Å². The molecule has 0 N–H and O–H groups in total. The molecule has 0 saturated heterocycles. The van der Waals surface area contributed by atoms with Gasteiger partial charge in [0.15, 0.2) is 11.8 Å². The number of benzene rings is 1. The van der Waals surface area contributed by atoms with E-state index in [-0.39, 0.29) is 24.8 Å². The van der Waals surface area contributed by atoms with Crippen molar-refractivity contribution in [2.24, 2.45) is 0 Å². The molecule has 0 aliphatic rings. The topological polar surface area (TPSA) is 69.2 Å². The molecule has 1 heterocycles. The van der Waals surface area contributed by atoms with Crippen molar-refractivity contribution in [3.05, 3.63) is 50.8 Å². The van der Waals surface area contributed by atoms with Crippen molar-refractivity contribution in [3.63, 3.8) is 0 Å². The van der Waals surface area contributed by atoms with E-state index in [0.29, 0.717) is 12.0 Å². The maximum atomic E-state index is 12.5. The number of aromatic nitrogens is 2. The Hall–Kier alpha value is -2.21. The van der Waals surface area contributed by atoms with Gasteiger partial charge in [-0.25, -0.2) is 9.97 Å². The highest BCUT2D eigenvalue weighted by Gasteiger charge is 2.16. The normalized spacial score (nSPS) is 10.8. The summed E-state index contributed by atoms with van der Waals surface area (Å²) < 4.78 is 5.24. The lowest BCUT2D eigenvalue weighted by Gasteiger charge is -2.14. The van der Waals surface area contributed by atoms with Crippen LogP contribution in [0.3, 0.4) is 0 Å². The van der Waals surface area contributed by atoms with Crippen molar-refractivity contribution >= 4 is 23.5 Å². The number of Topliss-reactive ketones (excluding diaryl/α,β-unsaturated/α-hetero) is 1. The molecule has 0 saturated carbocycles. The lowest BCUT2D eigenvalue weighted by molar-refractivity contribution is -0.142. The van der Waals surface area contributed by atoms with Gasteiger partial charge < -0.3 is 4.74 Å². The minimum absolute atomic E-state index is 0.169. The van der Waals surface area contributed by atoms with E-state index < -0.39 is 0 Å². The van der Waals surface area contributed by atoms with Gasteiger partial charge in [0.2, 0.25) is 5.78 Å². The zero-order valence-corrected chi connectivity index (χ0v) is 18.5. The Morgan fingerprint density at radius 3 is 2.14 bits per heavy atom. The average molecular weight is 401 g/mol. The first kappa shape index (κ1) is 22.1. The summed E-state index contributed by atoms with van der Waals surface area (Å²) in [5.41, 5.74) is 7.64. The second kappa shape index (κ2) is 9.32. The Labute approximate surface area is 171 Å². The van der Waals surface area contributed by atoms with Gasteiger partial charge in [-0.3, -0.25) is 9.59 Å². The molecule has 150 valence electrons. The maximum absolute atomic E-state index is 12.5. The molecule has 28 heavy (non-hydrogen) atoms. The van der Waals surface area contributed by atoms with Crippen molar-refractivity contribution in [2.45, 2.75) is 59.5 Å². The third-order valence-corrected chi connectivity index (χ3v) is 5.86. The Kier molecular flexibility index (Phi) is 7.35. The fourth-order valence-corrected chi connectivity index (χ4v) is 3.64. The number of rotatable bonds is 7. The molecule has 0 bridgehead atoms. The van der Waals surface area contributed by atoms with Crippen LogP contribution in [0.25, 0.3) is 0 Å². The van der Waals surface area contributed by atoms with Gasteiger partial charge in [-0.05, 0) is 88.1 Å². The largest absolute Gasteiger partial charge is 0.457 e. The molecule has 0 aliphatic heterocycles. The van der Waals surface area contributed by atoms with E-state index in [9.17, 15) is 9.59 Å². The highest BCUT2D eigenvalue weighted by atomic mass is 32.2. The van der Waals surface area contributed by atoms with E-state index in [1.54, 1.807) is 0 Å². The standard InChI is InChI=1S/C22H28N2O3S/c1-12-10-19(15(4)14(3)13(12)2)20(25)11-27-21(26)9-8-18-16(5)23-22(28-7)24-17(18)6/h10H,8-9,11H2,1-7H3. The summed E-state index contributed by atoms with van der Waals surface area (Å²) >= 11 is 1.49. The van der Waals surface area contributed by atoms with Gasteiger partial charge in [-0.15, -0.1) is 0 Å². The molecule has 0 atom stereocenters. The number of ether oxygens (including phenoxy) is 1. The minimum Gasteiger partial charge on any atom is -0.457 e. The SMILES string of the molecule is CSc1nc(C)c(CCC(=O)OCC(=O)c2cc(C)c(C)c(C)c2C)c(C)n1. The lowest BCUT2D eigenvalue weighted by atomic mass is 9.93. The van der Waals surface area contributed by atoms with Crippen LogP contribution in [0.2, 0.25) is 0 Å². The molecule has 0 amide bonds. The van der Waals surface area contributed by atoms with Gasteiger partial charge in [0, 0.05) is 23.4 Å². The van der Waals surface area contributed by atoms with Crippen molar-refractivity contribution in [3.8, 4) is 0 Å². The van der Waals surface area contributed by atoms with Crippen LogP contribution in [0.15, 0.2) is 11.2 Å². The molecule has 2 rings (SSSR count). The number of hydrogen-bond donors (Lipinski definition) is 0. The predicted molar refractivity (Wildman–Crippen MR) is 112 cm³/mol. The summed E-state index contributed by atoms with van der Waals surface area (Å²) in [5.74, 6) is -0.559. The highest BCUT2D eigenvalue weighted by Crippen LogP contribution is 2.22. The molecule has 0 aliphatic carbocycles. The minimum atomic E-state index is -0.390. The predicted octanol–water partition coefficient (Wildman–Crippen LogP) is 4.41. The number of nitrogens with zero attached hydrogens (tertiary/aromatic N) is 2. The van der Waals surface area contributed by atoms with Gasteiger partial charge in [-0.2, -0.15) is 0 Å². The van der Waals surface area contributed by atoms with E-state index >= 15 is 0 Å². The van der Waals surface area contributed by atoms with Crippen LogP contribution in [-0.4, -0.2) is 34.6 Å². The van der Waals surface area contributed by atoms with Gasteiger partial charge in [-0.1, -0.05) is 11.8 Å². The van der Waals surface area contributed by atoms with Crippen LogP contribution < -0.4 is 0 Å². The summed E-state index contributed by atoms with van der Waals surface area (Å²) in [5, 5.41) is 0.728. The quantitative estimate of drug-likeness (QED) is 0.297. The van der Waals surface area contributed by atoms with E-state index in [0.717, 1.165) is 38.8 Å². The third kappa shape index (κ3) is 4.98. The molecule has 0 radical (unpaired) electrons. The average Bonchev–Trinajstić information content (AvgIpc) is 2.66. The second-order valence-electron chi connectivity index (χ2n) is 7.06. The van der Waals surface area contributed by atoms with Gasteiger partial charge in [0.05, 0.1) is 0 Å². The fraction of sp³-hybridized carbons (Fsp3) is 0.455. The molecule has 1 aromatic carbocycles. The maximum Gasteiger partial charge on any atom is 0.306 e. The smallest absolute Gasteiger partial charge is 0.306 e. The zero-order valence-electron chi connectivity index (χ0n) is 17.7. The van der Waals surface area contributed by atoms with Crippen molar-refractivity contribution < 1.29 is 14.3 Å². The highest BCUT2D eigenvalue weighted by molar-refractivity contribution is 7.98. The van der Waals surface area contributed by atoms with Crippen molar-refractivity contribution in [2.75, 3.05) is 12.9 Å². The Morgan fingerprint density at radius 1 is 0.964 bits per heavy atom. The van der Waals surface area contributed by atoms with E-state index in [1.807, 2.05) is 53.9 Å². The van der Waals surface area contributed by atoms with Crippen LogP contribution in [0.4, 0.5) is 0 Å². The lowest BCUT2D eigenvalue weighted by Crippen LogP contribution is -2.17. The first-order valence-corrected chi connectivity index (χ1v) is 10.5. The van der Waals surface area contributed by atoms with Crippen LogP contribution in [0.5, 0.6) is 0 Å². The number of thioether (sulfide) groups is 1. The number of aryl methyl sites for hydroxylation is 3. The van der Waals surface area contributed by atoms with Crippen LogP contribution in [0, 0.1) is 41.5 Å². The Balaban J connectivity index is 1.98. The molecular formula is C22H28N2O3S. The number of carbonyl (C=O) groups is 2. The fourth-order valence-electron chi connectivity index (χ4n) is 3.19. The number of hydrogen-bond acceptors (Lipinski definition) is 6. The summed E-state index contributed by atoms with van der Waals surface area (Å²) in [6.07, 6.45) is 2.63. The second-order valence-corrected chi connectivity index (χ2v) is 7.83. The van der Waals surface area contributed by atoms with Crippen LogP contribution in [0.1, 0.15) is 56.0 Å². The first-order valence-electron chi connectivity index (χ1n) is 9.30. The molecule has 0 unspecified atom stereocenters. The summed E-state index contributed by atoms with van der Waals surface area (Å²) in [6, 6.07) is 1.88. The van der Waals surface area contributed by atoms with Crippen molar-refractivity contribution in [1.29, 1.82) is 0 Å². The molecule has 6 heteroatoms.